The molecule has 0 spiro atoms. The highest BCUT2D eigenvalue weighted by Crippen LogP contribution is 2.33. The Morgan fingerprint density at radius 1 is 1.38 bits per heavy atom. The molecule has 0 aliphatic carbocycles. The molecule has 29 heavy (non-hydrogen) atoms. The molecule has 3 rings (SSSR count). The third kappa shape index (κ3) is 4.19. The van der Waals surface area contributed by atoms with Crippen LogP contribution in [0.5, 0.6) is 0 Å². The molecule has 2 amide bonds. The number of carbonyl (C=O) groups excluding carboxylic acids is 2. The van der Waals surface area contributed by atoms with Crippen LogP contribution < -0.4 is 5.73 Å². The topological polar surface area (TPSA) is 90.4 Å². The molecule has 1 aromatic heterocycles. The van der Waals surface area contributed by atoms with E-state index in [1.807, 2.05) is 0 Å². The number of primary amides is 1. The molecule has 1 aliphatic heterocycles. The molecule has 2 heterocycles. The molecule has 2 N–H and O–H groups in total. The average molecular weight is 427 g/mol. The van der Waals surface area contributed by atoms with E-state index in [9.17, 15) is 18.4 Å². The number of aromatic nitrogens is 2. The molecule has 0 radical (unpaired) electrons. The first-order valence-corrected chi connectivity index (χ1v) is 9.30. The van der Waals surface area contributed by atoms with Crippen LogP contribution >= 0.6 is 11.6 Å². The number of nitrogens with two attached hydrogens (primary N) is 1. The Balaban J connectivity index is 2.08. The molecular formula is C19H21ClF2N4O3. The number of ether oxygens (including phenoxy) is 1. The molecule has 0 bridgehead atoms. The summed E-state index contributed by atoms with van der Waals surface area (Å²) >= 11 is 5.85. The predicted octanol–water partition coefficient (Wildman–Crippen LogP) is 3.70. The standard InChI is InChI=1S/C19H21ClF2N4O3/c1-19(2,3)29-18(28)25-8-11(7-21)26-14(9-25)15(17(23)27)16(24-26)10-4-5-13(22)12(20)6-10/h4-6,11H,7-9H2,1-3H3,(H2,23,27). The second-order valence-corrected chi connectivity index (χ2v) is 8.18. The fourth-order valence-corrected chi connectivity index (χ4v) is 3.36. The van der Waals surface area contributed by atoms with Gasteiger partial charge in [0, 0.05) is 12.1 Å². The summed E-state index contributed by atoms with van der Waals surface area (Å²) in [7, 11) is 0. The van der Waals surface area contributed by atoms with Crippen molar-refractivity contribution < 1.29 is 23.1 Å². The van der Waals surface area contributed by atoms with Crippen LogP contribution in [0.2, 0.25) is 5.02 Å². The van der Waals surface area contributed by atoms with Crippen LogP contribution in [0.1, 0.15) is 42.9 Å². The van der Waals surface area contributed by atoms with Crippen molar-refractivity contribution in [2.75, 3.05) is 13.2 Å². The number of halogens is 3. The van der Waals surface area contributed by atoms with Crippen molar-refractivity contribution >= 4 is 23.6 Å². The van der Waals surface area contributed by atoms with E-state index in [4.69, 9.17) is 22.1 Å². The summed E-state index contributed by atoms with van der Waals surface area (Å²) in [6.45, 7) is 4.31. The van der Waals surface area contributed by atoms with Crippen molar-refractivity contribution in [3.63, 3.8) is 0 Å². The van der Waals surface area contributed by atoms with Crippen molar-refractivity contribution in [3.05, 3.63) is 40.3 Å². The quantitative estimate of drug-likeness (QED) is 0.810. The first-order valence-electron chi connectivity index (χ1n) is 8.92. The van der Waals surface area contributed by atoms with E-state index in [0.717, 1.165) is 6.07 Å². The number of hydrogen-bond donors (Lipinski definition) is 1. The largest absolute Gasteiger partial charge is 0.444 e. The molecule has 0 saturated carbocycles. The minimum atomic E-state index is -0.825. The predicted molar refractivity (Wildman–Crippen MR) is 103 cm³/mol. The third-order valence-electron chi connectivity index (χ3n) is 4.40. The van der Waals surface area contributed by atoms with Gasteiger partial charge < -0.3 is 15.4 Å². The smallest absolute Gasteiger partial charge is 0.410 e. The Labute approximate surface area is 171 Å². The van der Waals surface area contributed by atoms with Crippen molar-refractivity contribution in [2.24, 2.45) is 5.73 Å². The van der Waals surface area contributed by atoms with Gasteiger partial charge in [0.2, 0.25) is 0 Å². The maximum Gasteiger partial charge on any atom is 0.410 e. The number of hydrogen-bond acceptors (Lipinski definition) is 4. The van der Waals surface area contributed by atoms with Gasteiger partial charge in [0.05, 0.1) is 28.9 Å². The number of carbonyl (C=O) groups is 2. The molecule has 10 heteroatoms. The summed E-state index contributed by atoms with van der Waals surface area (Å²) < 4.78 is 34.0. The summed E-state index contributed by atoms with van der Waals surface area (Å²) in [5, 5.41) is 4.20. The second kappa shape index (κ2) is 7.62. The van der Waals surface area contributed by atoms with E-state index in [0.29, 0.717) is 5.56 Å². The highest BCUT2D eigenvalue weighted by atomic mass is 35.5. The summed E-state index contributed by atoms with van der Waals surface area (Å²) in [4.78, 5) is 26.0. The highest BCUT2D eigenvalue weighted by molar-refractivity contribution is 6.31. The van der Waals surface area contributed by atoms with Gasteiger partial charge in [-0.15, -0.1) is 0 Å². The number of amides is 2. The molecule has 0 fully saturated rings. The monoisotopic (exact) mass is 426 g/mol. The fraction of sp³-hybridized carbons (Fsp3) is 0.421. The van der Waals surface area contributed by atoms with Gasteiger partial charge >= 0.3 is 6.09 Å². The Morgan fingerprint density at radius 2 is 2.07 bits per heavy atom. The molecule has 0 saturated heterocycles. The van der Waals surface area contributed by atoms with Crippen LogP contribution in [0.25, 0.3) is 11.3 Å². The zero-order valence-electron chi connectivity index (χ0n) is 16.2. The molecule has 156 valence electrons. The summed E-state index contributed by atoms with van der Waals surface area (Å²) in [6, 6.07) is 3.03. The SMILES string of the molecule is CC(C)(C)OC(=O)N1Cc2c(C(N)=O)c(-c3ccc(F)c(Cl)c3)nn2C(CF)C1. The van der Waals surface area contributed by atoms with E-state index in [1.165, 1.54) is 21.7 Å². The van der Waals surface area contributed by atoms with Gasteiger partial charge in [-0.3, -0.25) is 9.48 Å². The van der Waals surface area contributed by atoms with E-state index < -0.39 is 36.1 Å². The van der Waals surface area contributed by atoms with Crippen LogP contribution in [0, 0.1) is 5.82 Å². The average Bonchev–Trinajstić information content (AvgIpc) is 3.01. The molecule has 1 atom stereocenters. The van der Waals surface area contributed by atoms with Gasteiger partial charge in [-0.25, -0.2) is 13.6 Å². The van der Waals surface area contributed by atoms with Crippen molar-refractivity contribution in [1.29, 1.82) is 0 Å². The Bertz CT molecular complexity index is 971. The normalized spacial score (nSPS) is 16.5. The van der Waals surface area contributed by atoms with Crippen molar-refractivity contribution in [1.82, 2.24) is 14.7 Å². The molecular weight excluding hydrogens is 406 g/mol. The first-order chi connectivity index (χ1) is 13.5. The third-order valence-corrected chi connectivity index (χ3v) is 4.69. The van der Waals surface area contributed by atoms with Gasteiger partial charge in [0.1, 0.15) is 23.8 Å². The van der Waals surface area contributed by atoms with E-state index in [1.54, 1.807) is 20.8 Å². The fourth-order valence-electron chi connectivity index (χ4n) is 3.18. The van der Waals surface area contributed by atoms with Crippen LogP contribution in [0.15, 0.2) is 18.2 Å². The van der Waals surface area contributed by atoms with Crippen LogP contribution in [-0.4, -0.2) is 45.5 Å². The van der Waals surface area contributed by atoms with Gasteiger partial charge in [0.25, 0.3) is 5.91 Å². The first kappa shape index (κ1) is 21.0. The molecule has 1 aromatic carbocycles. The highest BCUT2D eigenvalue weighted by Gasteiger charge is 2.36. The van der Waals surface area contributed by atoms with Gasteiger partial charge in [-0.2, -0.15) is 5.10 Å². The summed E-state index contributed by atoms with van der Waals surface area (Å²) in [5.74, 6) is -1.43. The Morgan fingerprint density at radius 3 is 2.62 bits per heavy atom. The lowest BCUT2D eigenvalue weighted by molar-refractivity contribution is 0.0147. The van der Waals surface area contributed by atoms with Crippen molar-refractivity contribution in [2.45, 2.75) is 39.0 Å². The van der Waals surface area contributed by atoms with Crippen molar-refractivity contribution in [3.8, 4) is 11.3 Å². The minimum Gasteiger partial charge on any atom is -0.444 e. The molecule has 1 unspecified atom stereocenters. The summed E-state index contributed by atoms with van der Waals surface area (Å²) in [5.41, 5.74) is 5.66. The van der Waals surface area contributed by atoms with Crippen LogP contribution in [0.3, 0.4) is 0 Å². The molecule has 7 nitrogen and oxygen atoms in total. The maximum absolute atomic E-state index is 13.8. The molecule has 2 aromatic rings. The lowest BCUT2D eigenvalue weighted by Crippen LogP contribution is -2.44. The lowest BCUT2D eigenvalue weighted by atomic mass is 10.0. The zero-order chi connectivity index (χ0) is 21.5. The maximum atomic E-state index is 13.8. The Hall–Kier alpha value is -2.68. The van der Waals surface area contributed by atoms with E-state index >= 15 is 0 Å². The van der Waals surface area contributed by atoms with Gasteiger partial charge in [-0.05, 0) is 39.0 Å². The summed E-state index contributed by atoms with van der Waals surface area (Å²) in [6.07, 6.45) is -0.634. The number of rotatable bonds is 3. The Kier molecular flexibility index (Phi) is 5.53. The van der Waals surface area contributed by atoms with Gasteiger partial charge in [-0.1, -0.05) is 11.6 Å². The second-order valence-electron chi connectivity index (χ2n) is 7.78. The molecule has 1 aliphatic rings. The lowest BCUT2D eigenvalue weighted by Gasteiger charge is -2.34. The number of alkyl halides is 1. The van der Waals surface area contributed by atoms with Crippen LogP contribution in [0.4, 0.5) is 13.6 Å². The minimum absolute atomic E-state index is 0.0158. The number of fused-ring (bicyclic) bond motifs is 1. The van der Waals surface area contributed by atoms with Gasteiger partial charge in [0.15, 0.2) is 0 Å². The number of nitrogens with zero attached hydrogens (tertiary/aromatic N) is 3. The number of benzene rings is 1. The van der Waals surface area contributed by atoms with E-state index in [2.05, 4.69) is 5.10 Å². The zero-order valence-corrected chi connectivity index (χ0v) is 17.0. The van der Waals surface area contributed by atoms with E-state index in [-0.39, 0.29) is 35.1 Å². The van der Waals surface area contributed by atoms with Crippen LogP contribution in [-0.2, 0) is 11.3 Å².